The number of aromatic amines is 1. The maximum atomic E-state index is 13.7. The van der Waals surface area contributed by atoms with Crippen LogP contribution in [0.5, 0.6) is 11.5 Å². The molecule has 7 nitrogen and oxygen atoms in total. The average molecular weight is 469 g/mol. The molecule has 0 atom stereocenters. The molecule has 1 amide bonds. The number of ether oxygens (including phenoxy) is 2. The molecule has 35 heavy (non-hydrogen) atoms. The van der Waals surface area contributed by atoms with Crippen molar-refractivity contribution < 1.29 is 14.3 Å². The second-order valence-electron chi connectivity index (χ2n) is 8.52. The number of benzene rings is 3. The summed E-state index contributed by atoms with van der Waals surface area (Å²) in [5, 5.41) is 0. The Morgan fingerprint density at radius 1 is 0.943 bits per heavy atom. The van der Waals surface area contributed by atoms with Gasteiger partial charge in [0.1, 0.15) is 11.5 Å². The number of methoxy groups -OCH3 is 2. The Bertz CT molecular complexity index is 1280. The van der Waals surface area contributed by atoms with Crippen molar-refractivity contribution in [1.29, 1.82) is 0 Å². The Morgan fingerprint density at radius 2 is 1.71 bits per heavy atom. The first-order chi connectivity index (χ1) is 17.1. The summed E-state index contributed by atoms with van der Waals surface area (Å²) < 4.78 is 10.8. The molecule has 0 saturated heterocycles. The van der Waals surface area contributed by atoms with E-state index in [0.717, 1.165) is 28.1 Å². The number of imidazole rings is 1. The number of nitrogens with one attached hydrogen (secondary N) is 1. The lowest BCUT2D eigenvalue weighted by Gasteiger charge is -2.24. The van der Waals surface area contributed by atoms with E-state index in [1.54, 1.807) is 38.7 Å². The summed E-state index contributed by atoms with van der Waals surface area (Å²) in [7, 11) is 3.17. The minimum absolute atomic E-state index is 0.0557. The first-order valence-corrected chi connectivity index (χ1v) is 11.6. The second-order valence-corrected chi connectivity index (χ2v) is 8.52. The van der Waals surface area contributed by atoms with Crippen molar-refractivity contribution in [3.8, 4) is 22.6 Å². The van der Waals surface area contributed by atoms with Gasteiger partial charge in [0, 0.05) is 43.1 Å². The summed E-state index contributed by atoms with van der Waals surface area (Å²) in [4.78, 5) is 25.3. The number of rotatable bonds is 6. The number of hydrogen-bond donors (Lipinski definition) is 1. The minimum atomic E-state index is -0.0557. The summed E-state index contributed by atoms with van der Waals surface area (Å²) in [5.41, 5.74) is 5.99. The van der Waals surface area contributed by atoms with Gasteiger partial charge in [-0.05, 0) is 41.0 Å². The Morgan fingerprint density at radius 3 is 2.40 bits per heavy atom. The van der Waals surface area contributed by atoms with Crippen LogP contribution in [0.1, 0.15) is 21.6 Å². The topological polar surface area (TPSA) is 70.7 Å². The molecule has 1 N–H and O–H groups in total. The van der Waals surface area contributed by atoms with E-state index in [2.05, 4.69) is 45.2 Å². The van der Waals surface area contributed by atoms with Crippen LogP contribution in [-0.2, 0) is 13.1 Å². The fourth-order valence-corrected chi connectivity index (χ4v) is 4.50. The number of amides is 1. The van der Waals surface area contributed by atoms with Crippen LogP contribution in [0.4, 0.5) is 5.69 Å². The lowest BCUT2D eigenvalue weighted by Crippen LogP contribution is -2.35. The lowest BCUT2D eigenvalue weighted by atomic mass is 10.0. The second kappa shape index (κ2) is 9.93. The van der Waals surface area contributed by atoms with Gasteiger partial charge in [0.15, 0.2) is 0 Å². The number of anilines is 1. The largest absolute Gasteiger partial charge is 0.497 e. The molecule has 1 aromatic heterocycles. The smallest absolute Gasteiger partial charge is 0.254 e. The number of hydrogen-bond acceptors (Lipinski definition) is 5. The maximum absolute atomic E-state index is 13.7. The zero-order chi connectivity index (χ0) is 24.2. The van der Waals surface area contributed by atoms with Crippen molar-refractivity contribution in [2.45, 2.75) is 13.1 Å². The van der Waals surface area contributed by atoms with Gasteiger partial charge in [-0.3, -0.25) is 4.79 Å². The van der Waals surface area contributed by atoms with E-state index >= 15 is 0 Å². The zero-order valence-corrected chi connectivity index (χ0v) is 19.9. The van der Waals surface area contributed by atoms with Crippen molar-refractivity contribution >= 4 is 11.6 Å². The molecule has 7 heteroatoms. The van der Waals surface area contributed by atoms with Gasteiger partial charge >= 0.3 is 0 Å². The standard InChI is InChI=1S/C28H28N4O3/c1-34-25-13-22(14-26(15-25)35-2)28(33)32-11-10-31(18-24-16-29-19-30-24)27-9-8-21(12-23(27)17-32)20-6-4-3-5-7-20/h3-9,12-16,19H,10-11,17-18H2,1-2H3,(H,29,30). The van der Waals surface area contributed by atoms with Crippen molar-refractivity contribution in [2.75, 3.05) is 32.2 Å². The van der Waals surface area contributed by atoms with Crippen molar-refractivity contribution in [3.05, 3.63) is 96.1 Å². The highest BCUT2D eigenvalue weighted by molar-refractivity contribution is 5.95. The summed E-state index contributed by atoms with van der Waals surface area (Å²) in [6.07, 6.45) is 3.60. The Balaban J connectivity index is 1.51. The highest BCUT2D eigenvalue weighted by Gasteiger charge is 2.25. The molecular formula is C28H28N4O3. The number of aromatic nitrogens is 2. The summed E-state index contributed by atoms with van der Waals surface area (Å²) >= 11 is 0. The molecule has 0 radical (unpaired) electrons. The fraction of sp³-hybridized carbons (Fsp3) is 0.214. The molecule has 1 aliphatic rings. The van der Waals surface area contributed by atoms with E-state index in [1.807, 2.05) is 29.3 Å². The van der Waals surface area contributed by atoms with Crippen molar-refractivity contribution in [2.24, 2.45) is 0 Å². The zero-order valence-electron chi connectivity index (χ0n) is 19.9. The number of carbonyl (C=O) groups excluding carboxylic acids is 1. The van der Waals surface area contributed by atoms with Gasteiger partial charge < -0.3 is 24.3 Å². The molecule has 0 bridgehead atoms. The highest BCUT2D eigenvalue weighted by atomic mass is 16.5. The van der Waals surface area contributed by atoms with Gasteiger partial charge in [0.05, 0.1) is 32.8 Å². The lowest BCUT2D eigenvalue weighted by molar-refractivity contribution is 0.0750. The number of nitrogens with zero attached hydrogens (tertiary/aromatic N) is 3. The molecule has 0 saturated carbocycles. The SMILES string of the molecule is COc1cc(OC)cc(C(=O)N2CCN(Cc3c[nH]cn3)c3ccc(-c4ccccc4)cc3C2)c1. The normalized spacial score (nSPS) is 13.2. The first-order valence-electron chi connectivity index (χ1n) is 11.6. The molecule has 1 aliphatic heterocycles. The van der Waals surface area contributed by atoms with E-state index in [1.165, 1.54) is 0 Å². The summed E-state index contributed by atoms with van der Waals surface area (Å²) in [5.74, 6) is 1.13. The minimum Gasteiger partial charge on any atom is -0.497 e. The molecule has 0 fully saturated rings. The molecule has 0 unspecified atom stereocenters. The number of carbonyl (C=O) groups is 1. The molecular weight excluding hydrogens is 440 g/mol. The molecule has 5 rings (SSSR count). The van der Waals surface area contributed by atoms with Crippen LogP contribution in [0.2, 0.25) is 0 Å². The third kappa shape index (κ3) is 4.84. The van der Waals surface area contributed by atoms with Crippen LogP contribution in [-0.4, -0.2) is 48.1 Å². The third-order valence-corrected chi connectivity index (χ3v) is 6.32. The fourth-order valence-electron chi connectivity index (χ4n) is 4.50. The summed E-state index contributed by atoms with van der Waals surface area (Å²) in [6.45, 7) is 2.44. The van der Waals surface area contributed by atoms with Crippen molar-refractivity contribution in [1.82, 2.24) is 14.9 Å². The van der Waals surface area contributed by atoms with Crippen molar-refractivity contribution in [3.63, 3.8) is 0 Å². The van der Waals surface area contributed by atoms with Crippen LogP contribution >= 0.6 is 0 Å². The third-order valence-electron chi connectivity index (χ3n) is 6.32. The first kappa shape index (κ1) is 22.5. The van der Waals surface area contributed by atoms with E-state index in [4.69, 9.17) is 9.47 Å². The highest BCUT2D eigenvalue weighted by Crippen LogP contribution is 2.32. The Labute approximate surface area is 204 Å². The number of fused-ring (bicyclic) bond motifs is 1. The van der Waals surface area contributed by atoms with Crippen LogP contribution in [0, 0.1) is 0 Å². The predicted octanol–water partition coefficient (Wildman–Crippen LogP) is 4.76. The van der Waals surface area contributed by atoms with Gasteiger partial charge in [0.2, 0.25) is 0 Å². The molecule has 2 heterocycles. The molecule has 178 valence electrons. The summed E-state index contributed by atoms with van der Waals surface area (Å²) in [6, 6.07) is 22.1. The molecule has 0 aliphatic carbocycles. The molecule has 4 aromatic rings. The van der Waals surface area contributed by atoms with E-state index in [0.29, 0.717) is 43.2 Å². The quantitative estimate of drug-likeness (QED) is 0.442. The van der Waals surface area contributed by atoms with E-state index < -0.39 is 0 Å². The van der Waals surface area contributed by atoms with Crippen LogP contribution < -0.4 is 14.4 Å². The van der Waals surface area contributed by atoms with Gasteiger partial charge in [0.25, 0.3) is 5.91 Å². The Kier molecular flexibility index (Phi) is 6.39. The van der Waals surface area contributed by atoms with Crippen LogP contribution in [0.15, 0.2) is 79.3 Å². The predicted molar refractivity (Wildman–Crippen MR) is 136 cm³/mol. The Hall–Kier alpha value is -4.26. The van der Waals surface area contributed by atoms with E-state index in [-0.39, 0.29) is 5.91 Å². The monoisotopic (exact) mass is 468 g/mol. The van der Waals surface area contributed by atoms with Gasteiger partial charge in [-0.1, -0.05) is 36.4 Å². The van der Waals surface area contributed by atoms with Gasteiger partial charge in [-0.2, -0.15) is 0 Å². The average Bonchev–Trinajstić information content (AvgIpc) is 3.36. The van der Waals surface area contributed by atoms with Crippen LogP contribution in [0.25, 0.3) is 11.1 Å². The molecule has 0 spiro atoms. The van der Waals surface area contributed by atoms with E-state index in [9.17, 15) is 4.79 Å². The maximum Gasteiger partial charge on any atom is 0.254 e. The number of H-pyrrole nitrogens is 1. The molecule has 3 aromatic carbocycles. The van der Waals surface area contributed by atoms with Gasteiger partial charge in [-0.25, -0.2) is 4.98 Å². The van der Waals surface area contributed by atoms with Gasteiger partial charge in [-0.15, -0.1) is 0 Å². The van der Waals surface area contributed by atoms with Crippen LogP contribution in [0.3, 0.4) is 0 Å².